The summed E-state index contributed by atoms with van der Waals surface area (Å²) >= 11 is 0. The van der Waals surface area contributed by atoms with Gasteiger partial charge in [0.25, 0.3) is 0 Å². The number of para-hydroxylation sites is 4. The Hall–Kier alpha value is -7.63. The van der Waals surface area contributed by atoms with E-state index in [1.54, 1.807) is 18.2 Å². The van der Waals surface area contributed by atoms with Crippen LogP contribution in [0.1, 0.15) is 21.9 Å². The molecule has 0 bridgehead atoms. The van der Waals surface area contributed by atoms with Crippen molar-refractivity contribution < 1.29 is 21.9 Å². The summed E-state index contributed by atoms with van der Waals surface area (Å²) in [5.41, 5.74) is 4.29. The minimum atomic E-state index is -0.698. The molecule has 3 heterocycles. The zero-order chi connectivity index (χ0) is 50.9. The van der Waals surface area contributed by atoms with Gasteiger partial charge in [-0.05, 0) is 63.6 Å². The van der Waals surface area contributed by atoms with Gasteiger partial charge in [-0.3, -0.25) is 9.13 Å². The first kappa shape index (κ1) is 19.6. The van der Waals surface area contributed by atoms with E-state index in [2.05, 4.69) is 6.07 Å². The number of rotatable bonds is 6. The molecule has 0 aliphatic carbocycles. The highest BCUT2D eigenvalue weighted by Crippen LogP contribution is 2.37. The number of aromatic nitrogens is 5. The summed E-state index contributed by atoms with van der Waals surface area (Å²) in [6, 6.07) is 22.4. The molecule has 0 unspecified atom stereocenters. The summed E-state index contributed by atoms with van der Waals surface area (Å²) in [6.07, 6.45) is 0. The normalized spacial score (nSPS) is 15.6. The van der Waals surface area contributed by atoms with Gasteiger partial charge >= 0.3 is 0 Å². The van der Waals surface area contributed by atoms with Crippen molar-refractivity contribution in [2.75, 3.05) is 0 Å². The lowest BCUT2D eigenvalue weighted by Crippen LogP contribution is -2.10. The average molecular weight is 732 g/mol. The van der Waals surface area contributed by atoms with Crippen molar-refractivity contribution in [1.29, 1.82) is 0 Å². The minimum Gasteiger partial charge on any atom is -0.278 e. The van der Waals surface area contributed by atoms with Crippen LogP contribution in [0.4, 0.5) is 0 Å². The summed E-state index contributed by atoms with van der Waals surface area (Å²) in [7, 11) is 0. The largest absolute Gasteiger partial charge is 0.278 e. The molecule has 3 aromatic heterocycles. The third kappa shape index (κ3) is 5.21. The molecule has 0 aliphatic heterocycles. The standard InChI is InChI=1S/C51H33N5/c1-2-15-34(16-3-1)37-17-14-18-38(33-37)35-29-31-36(32-30-35)39-19-4-5-24-44(39)49-52-50(55-45-25-10-6-20-40(45)41-21-7-11-26-46(41)55)54-51(53-49)56-47-27-12-8-22-42(47)43-23-9-13-28-48(43)56/h1-33H/i6D,7D,8D,9D,10D,11D,12D,13D,20D,21D,22D,23D,25D,26D,27D,28D. The minimum absolute atomic E-state index is 0.140. The molecule has 0 radical (unpaired) electrons. The van der Waals surface area contributed by atoms with Crippen LogP contribution in [0.2, 0.25) is 0 Å². The first-order valence-electron chi connectivity index (χ1n) is 25.6. The number of hydrogen-bond acceptors (Lipinski definition) is 3. The quantitative estimate of drug-likeness (QED) is 0.171. The van der Waals surface area contributed by atoms with Crippen LogP contribution >= 0.6 is 0 Å². The van der Waals surface area contributed by atoms with E-state index in [1.165, 1.54) is 0 Å². The number of nitrogens with zero attached hydrogens (tertiary/aromatic N) is 5. The fourth-order valence-electron chi connectivity index (χ4n) is 7.20. The molecule has 0 fully saturated rings. The average Bonchev–Trinajstić information content (AvgIpc) is 3.97. The molecule has 11 aromatic rings. The first-order chi connectivity index (χ1) is 34.4. The molecule has 262 valence electrons. The smallest absolute Gasteiger partial charge is 0.240 e. The SMILES string of the molecule is [2H]c1c([2H])c([2H])c2c(c1[2H])c1c([2H])c([2H])c([2H])c([2H])c1n2-c1nc(-c2ccccc2-c2ccc(-c3cccc(-c4ccccc4)c3)cc2)nc(-n2c3c([2H])c([2H])c([2H])c([2H])c3c3c([2H])c([2H])c([2H])c([2H])c32)n1. The number of fused-ring (bicyclic) bond motifs is 6. The maximum Gasteiger partial charge on any atom is 0.240 e. The van der Waals surface area contributed by atoms with E-state index in [4.69, 9.17) is 31.4 Å². The molecule has 0 spiro atoms. The molecule has 0 saturated heterocycles. The first-order valence-corrected chi connectivity index (χ1v) is 17.6. The van der Waals surface area contributed by atoms with Crippen molar-refractivity contribution in [2.45, 2.75) is 0 Å². The van der Waals surface area contributed by atoms with E-state index in [0.717, 1.165) is 31.4 Å². The van der Waals surface area contributed by atoms with Gasteiger partial charge in [0.1, 0.15) is 0 Å². The van der Waals surface area contributed by atoms with E-state index < -0.39 is 109 Å². The molecule has 11 rings (SSSR count). The van der Waals surface area contributed by atoms with Gasteiger partial charge < -0.3 is 0 Å². The lowest BCUT2D eigenvalue weighted by molar-refractivity contribution is 0.893. The lowest BCUT2D eigenvalue weighted by atomic mass is 9.95. The van der Waals surface area contributed by atoms with Gasteiger partial charge in [0.2, 0.25) is 11.9 Å². The molecule has 0 N–H and O–H groups in total. The summed E-state index contributed by atoms with van der Waals surface area (Å²) < 4.78 is 144. The van der Waals surface area contributed by atoms with Crippen LogP contribution in [0.15, 0.2) is 200 Å². The summed E-state index contributed by atoms with van der Waals surface area (Å²) in [4.78, 5) is 14.6. The molecule has 56 heavy (non-hydrogen) atoms. The van der Waals surface area contributed by atoms with E-state index >= 15 is 0 Å². The molecule has 8 aromatic carbocycles. The zero-order valence-electron chi connectivity index (χ0n) is 45.1. The van der Waals surface area contributed by atoms with Crippen molar-refractivity contribution in [3.05, 3.63) is 200 Å². The second-order valence-corrected chi connectivity index (χ2v) is 12.9. The van der Waals surface area contributed by atoms with Crippen LogP contribution in [-0.2, 0) is 0 Å². The third-order valence-corrected chi connectivity index (χ3v) is 9.74. The molecule has 0 saturated carbocycles. The number of benzene rings is 8. The second kappa shape index (κ2) is 13.0. The van der Waals surface area contributed by atoms with Crippen LogP contribution in [0.25, 0.3) is 100 Å². The van der Waals surface area contributed by atoms with Crippen LogP contribution in [0.3, 0.4) is 0 Å². The molecular formula is C51H33N5. The van der Waals surface area contributed by atoms with E-state index in [1.807, 2.05) is 78.9 Å². The van der Waals surface area contributed by atoms with Crippen LogP contribution in [0, 0.1) is 0 Å². The predicted octanol–water partition coefficient (Wildman–Crippen LogP) is 12.7. The fourth-order valence-corrected chi connectivity index (χ4v) is 7.20. The highest BCUT2D eigenvalue weighted by molar-refractivity contribution is 6.10. The third-order valence-electron chi connectivity index (χ3n) is 9.74. The maximum absolute atomic E-state index is 9.22. The highest BCUT2D eigenvalue weighted by Gasteiger charge is 2.21. The van der Waals surface area contributed by atoms with E-state index in [9.17, 15) is 5.48 Å². The molecular weight excluding hydrogens is 683 g/mol. The molecule has 5 heteroatoms. The van der Waals surface area contributed by atoms with Crippen molar-refractivity contribution in [3.8, 4) is 56.7 Å². The van der Waals surface area contributed by atoms with Crippen LogP contribution in [-0.4, -0.2) is 24.1 Å². The summed E-state index contributed by atoms with van der Waals surface area (Å²) in [5.74, 6) is -1.08. The van der Waals surface area contributed by atoms with Gasteiger partial charge in [-0.25, -0.2) is 0 Å². The van der Waals surface area contributed by atoms with Gasteiger partial charge in [-0.1, -0.05) is 170 Å². The Morgan fingerprint density at radius 1 is 0.339 bits per heavy atom. The van der Waals surface area contributed by atoms with Crippen molar-refractivity contribution in [1.82, 2.24) is 24.1 Å². The number of hydrogen-bond donors (Lipinski definition) is 0. The van der Waals surface area contributed by atoms with Crippen molar-refractivity contribution in [2.24, 2.45) is 0 Å². The monoisotopic (exact) mass is 731 g/mol. The van der Waals surface area contributed by atoms with Gasteiger partial charge in [0.15, 0.2) is 5.82 Å². The summed E-state index contributed by atoms with van der Waals surface area (Å²) in [6.45, 7) is 0. The lowest BCUT2D eigenvalue weighted by Gasteiger charge is -2.14. The Kier molecular flexibility index (Phi) is 4.57. The zero-order valence-corrected chi connectivity index (χ0v) is 29.1. The van der Waals surface area contributed by atoms with Gasteiger partial charge in [-0.2, -0.15) is 15.0 Å². The molecule has 0 aliphatic rings. The maximum atomic E-state index is 9.22. The van der Waals surface area contributed by atoms with Crippen LogP contribution < -0.4 is 0 Å². The summed E-state index contributed by atoms with van der Waals surface area (Å²) in [5, 5.41) is -1.05. The Bertz CT molecular complexity index is 3840. The van der Waals surface area contributed by atoms with Gasteiger partial charge in [0.05, 0.1) is 44.0 Å². The van der Waals surface area contributed by atoms with Crippen LogP contribution in [0.5, 0.6) is 0 Å². The van der Waals surface area contributed by atoms with Crippen molar-refractivity contribution in [3.63, 3.8) is 0 Å². The van der Waals surface area contributed by atoms with E-state index in [0.29, 0.717) is 16.7 Å². The fraction of sp³-hybridized carbons (Fsp3) is 0. The Morgan fingerprint density at radius 3 is 1.23 bits per heavy atom. The second-order valence-electron chi connectivity index (χ2n) is 12.9. The Labute approximate surface area is 345 Å². The Balaban J connectivity index is 1.25. The molecule has 0 amide bonds. The van der Waals surface area contributed by atoms with Gasteiger partial charge in [0, 0.05) is 27.1 Å². The Morgan fingerprint density at radius 2 is 0.732 bits per heavy atom. The highest BCUT2D eigenvalue weighted by atomic mass is 15.3. The molecule has 5 nitrogen and oxygen atoms in total. The predicted molar refractivity (Wildman–Crippen MR) is 230 cm³/mol. The van der Waals surface area contributed by atoms with Crippen molar-refractivity contribution >= 4 is 43.6 Å². The topological polar surface area (TPSA) is 48.5 Å². The van der Waals surface area contributed by atoms with E-state index in [-0.39, 0.29) is 49.4 Å². The van der Waals surface area contributed by atoms with Gasteiger partial charge in [-0.15, -0.1) is 0 Å². The molecule has 0 atom stereocenters.